The SMILES string of the molecule is Cc1cnn(C(=O)N2CCN(Cc3ccc(Cl)cc3)CC2)c1. The lowest BCUT2D eigenvalue weighted by Gasteiger charge is -2.34. The summed E-state index contributed by atoms with van der Waals surface area (Å²) < 4.78 is 1.42. The predicted molar refractivity (Wildman–Crippen MR) is 86.1 cm³/mol. The van der Waals surface area contributed by atoms with Crippen LogP contribution < -0.4 is 0 Å². The van der Waals surface area contributed by atoms with Gasteiger partial charge in [0.05, 0.1) is 6.20 Å². The number of halogens is 1. The van der Waals surface area contributed by atoms with Crippen LogP contribution in [0.2, 0.25) is 5.02 Å². The van der Waals surface area contributed by atoms with Crippen LogP contribution in [0.1, 0.15) is 11.1 Å². The van der Waals surface area contributed by atoms with E-state index < -0.39 is 0 Å². The van der Waals surface area contributed by atoms with Gasteiger partial charge in [-0.25, -0.2) is 4.79 Å². The maximum atomic E-state index is 12.3. The molecule has 1 amide bonds. The molecule has 3 rings (SSSR count). The molecule has 22 heavy (non-hydrogen) atoms. The molecule has 0 unspecified atom stereocenters. The molecular weight excluding hydrogens is 300 g/mol. The van der Waals surface area contributed by atoms with Gasteiger partial charge in [-0.1, -0.05) is 23.7 Å². The normalized spacial score (nSPS) is 16.0. The molecule has 0 N–H and O–H groups in total. The standard InChI is InChI=1S/C16H19ClN4O/c1-13-10-18-21(11-13)16(22)20-8-6-19(7-9-20)12-14-2-4-15(17)5-3-14/h2-5,10-11H,6-9,12H2,1H3. The fourth-order valence-electron chi connectivity index (χ4n) is 2.61. The van der Waals surface area contributed by atoms with E-state index in [4.69, 9.17) is 11.6 Å². The average Bonchev–Trinajstić information content (AvgIpc) is 2.96. The number of benzene rings is 1. The van der Waals surface area contributed by atoms with Crippen molar-refractivity contribution in [3.8, 4) is 0 Å². The van der Waals surface area contributed by atoms with E-state index >= 15 is 0 Å². The predicted octanol–water partition coefficient (Wildman–Crippen LogP) is 2.63. The Balaban J connectivity index is 1.54. The summed E-state index contributed by atoms with van der Waals surface area (Å²) in [4.78, 5) is 16.5. The Morgan fingerprint density at radius 3 is 2.45 bits per heavy atom. The number of piperazine rings is 1. The Hall–Kier alpha value is -1.85. The van der Waals surface area contributed by atoms with Gasteiger partial charge in [-0.3, -0.25) is 4.90 Å². The Morgan fingerprint density at radius 2 is 1.86 bits per heavy atom. The zero-order chi connectivity index (χ0) is 15.5. The third-order valence-electron chi connectivity index (χ3n) is 3.87. The monoisotopic (exact) mass is 318 g/mol. The molecular formula is C16H19ClN4O. The third-order valence-corrected chi connectivity index (χ3v) is 4.12. The van der Waals surface area contributed by atoms with Crippen LogP contribution in [0, 0.1) is 6.92 Å². The highest BCUT2D eigenvalue weighted by molar-refractivity contribution is 6.30. The van der Waals surface area contributed by atoms with Crippen molar-refractivity contribution in [2.75, 3.05) is 26.2 Å². The summed E-state index contributed by atoms with van der Waals surface area (Å²) in [6, 6.07) is 7.88. The highest BCUT2D eigenvalue weighted by Crippen LogP contribution is 2.13. The fourth-order valence-corrected chi connectivity index (χ4v) is 2.73. The Morgan fingerprint density at radius 1 is 1.18 bits per heavy atom. The molecule has 1 saturated heterocycles. The molecule has 1 aromatic heterocycles. The van der Waals surface area contributed by atoms with E-state index in [0.29, 0.717) is 0 Å². The first-order chi connectivity index (χ1) is 10.6. The first kappa shape index (κ1) is 15.1. The number of aryl methyl sites for hydroxylation is 1. The fraction of sp³-hybridized carbons (Fsp3) is 0.375. The molecule has 0 spiro atoms. The van der Waals surface area contributed by atoms with E-state index in [1.54, 1.807) is 12.4 Å². The number of hydrogen-bond donors (Lipinski definition) is 0. The van der Waals surface area contributed by atoms with Crippen LogP contribution in [-0.4, -0.2) is 51.8 Å². The zero-order valence-electron chi connectivity index (χ0n) is 12.6. The van der Waals surface area contributed by atoms with Gasteiger partial charge < -0.3 is 4.90 Å². The van der Waals surface area contributed by atoms with Crippen molar-refractivity contribution < 1.29 is 4.79 Å². The minimum Gasteiger partial charge on any atom is -0.320 e. The molecule has 2 aromatic rings. The maximum Gasteiger partial charge on any atom is 0.344 e. The summed E-state index contributed by atoms with van der Waals surface area (Å²) in [6.45, 7) is 6.01. The molecule has 1 fully saturated rings. The molecule has 1 aliphatic rings. The van der Waals surface area contributed by atoms with Crippen molar-refractivity contribution in [2.45, 2.75) is 13.5 Å². The molecule has 5 nitrogen and oxygen atoms in total. The topological polar surface area (TPSA) is 41.4 Å². The lowest BCUT2D eigenvalue weighted by molar-refractivity contribution is 0.134. The number of carbonyl (C=O) groups excluding carboxylic acids is 1. The van der Waals surface area contributed by atoms with Gasteiger partial charge in [0, 0.05) is 43.9 Å². The van der Waals surface area contributed by atoms with Crippen molar-refractivity contribution >= 4 is 17.6 Å². The third kappa shape index (κ3) is 3.48. The Bertz CT molecular complexity index is 644. The second kappa shape index (κ2) is 6.50. The van der Waals surface area contributed by atoms with Gasteiger partial charge in [-0.2, -0.15) is 9.78 Å². The Kier molecular flexibility index (Phi) is 4.45. The van der Waals surface area contributed by atoms with Gasteiger partial charge in [-0.15, -0.1) is 0 Å². The first-order valence-corrected chi connectivity index (χ1v) is 7.77. The second-order valence-corrected chi connectivity index (χ2v) is 6.07. The number of carbonyl (C=O) groups is 1. The summed E-state index contributed by atoms with van der Waals surface area (Å²) in [6.07, 6.45) is 3.47. The van der Waals surface area contributed by atoms with Gasteiger partial charge in [-0.05, 0) is 30.2 Å². The number of aromatic nitrogens is 2. The minimum absolute atomic E-state index is 0.0424. The van der Waals surface area contributed by atoms with E-state index in [1.807, 2.05) is 36.1 Å². The summed E-state index contributed by atoms with van der Waals surface area (Å²) in [5.41, 5.74) is 2.24. The van der Waals surface area contributed by atoms with Crippen LogP contribution >= 0.6 is 11.6 Å². The molecule has 0 bridgehead atoms. The van der Waals surface area contributed by atoms with Gasteiger partial charge in [0.2, 0.25) is 0 Å². The van der Waals surface area contributed by atoms with E-state index in [0.717, 1.165) is 43.3 Å². The van der Waals surface area contributed by atoms with Crippen LogP contribution in [0.3, 0.4) is 0 Å². The molecule has 0 radical (unpaired) electrons. The molecule has 1 aliphatic heterocycles. The number of rotatable bonds is 2. The van der Waals surface area contributed by atoms with Crippen molar-refractivity contribution in [3.63, 3.8) is 0 Å². The summed E-state index contributed by atoms with van der Waals surface area (Å²) in [7, 11) is 0. The quantitative estimate of drug-likeness (QED) is 0.854. The van der Waals surface area contributed by atoms with Crippen LogP contribution in [0.15, 0.2) is 36.7 Å². The van der Waals surface area contributed by atoms with Gasteiger partial charge in [0.25, 0.3) is 0 Å². The molecule has 2 heterocycles. The lowest BCUT2D eigenvalue weighted by atomic mass is 10.2. The first-order valence-electron chi connectivity index (χ1n) is 7.39. The summed E-state index contributed by atoms with van der Waals surface area (Å²) in [5, 5.41) is 4.84. The van der Waals surface area contributed by atoms with Crippen LogP contribution in [-0.2, 0) is 6.54 Å². The number of amides is 1. The highest BCUT2D eigenvalue weighted by Gasteiger charge is 2.22. The second-order valence-electron chi connectivity index (χ2n) is 5.63. The molecule has 0 atom stereocenters. The van der Waals surface area contributed by atoms with Crippen molar-refractivity contribution in [3.05, 3.63) is 52.8 Å². The summed E-state index contributed by atoms with van der Waals surface area (Å²) >= 11 is 5.90. The molecule has 6 heteroatoms. The lowest BCUT2D eigenvalue weighted by Crippen LogP contribution is -2.49. The van der Waals surface area contributed by atoms with Crippen LogP contribution in [0.25, 0.3) is 0 Å². The minimum atomic E-state index is -0.0424. The van der Waals surface area contributed by atoms with E-state index in [-0.39, 0.29) is 6.03 Å². The van der Waals surface area contributed by atoms with Gasteiger partial charge >= 0.3 is 6.03 Å². The van der Waals surface area contributed by atoms with Gasteiger partial charge in [0.1, 0.15) is 0 Å². The highest BCUT2D eigenvalue weighted by atomic mass is 35.5. The smallest absolute Gasteiger partial charge is 0.320 e. The molecule has 116 valence electrons. The molecule has 0 aliphatic carbocycles. The van der Waals surface area contributed by atoms with E-state index in [9.17, 15) is 4.79 Å². The van der Waals surface area contributed by atoms with Crippen molar-refractivity contribution in [1.82, 2.24) is 19.6 Å². The maximum absolute atomic E-state index is 12.3. The van der Waals surface area contributed by atoms with Gasteiger partial charge in [0.15, 0.2) is 0 Å². The van der Waals surface area contributed by atoms with E-state index in [2.05, 4.69) is 10.00 Å². The van der Waals surface area contributed by atoms with Crippen LogP contribution in [0.5, 0.6) is 0 Å². The van der Waals surface area contributed by atoms with Crippen molar-refractivity contribution in [1.29, 1.82) is 0 Å². The largest absolute Gasteiger partial charge is 0.344 e. The zero-order valence-corrected chi connectivity index (χ0v) is 13.3. The van der Waals surface area contributed by atoms with Crippen LogP contribution in [0.4, 0.5) is 4.79 Å². The van der Waals surface area contributed by atoms with E-state index in [1.165, 1.54) is 10.2 Å². The summed E-state index contributed by atoms with van der Waals surface area (Å²) in [5.74, 6) is 0. The molecule has 1 aromatic carbocycles. The molecule has 0 saturated carbocycles. The number of hydrogen-bond acceptors (Lipinski definition) is 3. The van der Waals surface area contributed by atoms with Crippen molar-refractivity contribution in [2.24, 2.45) is 0 Å². The Labute approximate surface area is 135 Å². The number of nitrogens with zero attached hydrogens (tertiary/aromatic N) is 4. The average molecular weight is 319 g/mol.